The molecule has 6 heteroatoms. The lowest BCUT2D eigenvalue weighted by Gasteiger charge is -2.09. The van der Waals surface area contributed by atoms with Crippen molar-refractivity contribution in [2.45, 2.75) is 25.6 Å². The maximum Gasteiger partial charge on any atom is 0.408 e. The first-order valence-electron chi connectivity index (χ1n) is 5.46. The highest BCUT2D eigenvalue weighted by molar-refractivity contribution is 5.24. The molecule has 0 amide bonds. The second-order valence-corrected chi connectivity index (χ2v) is 4.06. The first-order valence-corrected chi connectivity index (χ1v) is 5.46. The van der Waals surface area contributed by atoms with Crippen LogP contribution < -0.4 is 0 Å². The third-order valence-corrected chi connectivity index (χ3v) is 2.65. The SMILES string of the molecule is C[C@@H](c1ccncc1)c1ccn(CC(F)(F)F)n1. The molecule has 0 fully saturated rings. The molecule has 2 rings (SSSR count). The molecule has 0 unspecified atom stereocenters. The number of pyridine rings is 1. The van der Waals surface area contributed by atoms with E-state index in [0.717, 1.165) is 10.2 Å². The lowest BCUT2D eigenvalue weighted by Crippen LogP contribution is -2.18. The van der Waals surface area contributed by atoms with Gasteiger partial charge in [-0.1, -0.05) is 6.92 Å². The van der Waals surface area contributed by atoms with Gasteiger partial charge in [-0.2, -0.15) is 18.3 Å². The topological polar surface area (TPSA) is 30.7 Å². The molecule has 2 aromatic rings. The van der Waals surface area contributed by atoms with Crippen molar-refractivity contribution in [3.63, 3.8) is 0 Å². The van der Waals surface area contributed by atoms with Gasteiger partial charge in [-0.3, -0.25) is 9.67 Å². The first kappa shape index (κ1) is 12.6. The van der Waals surface area contributed by atoms with E-state index in [1.165, 1.54) is 6.20 Å². The summed E-state index contributed by atoms with van der Waals surface area (Å²) in [6.07, 6.45) is 0.404. The maximum atomic E-state index is 12.2. The normalized spacial score (nSPS) is 13.6. The smallest absolute Gasteiger partial charge is 0.265 e. The summed E-state index contributed by atoms with van der Waals surface area (Å²) in [5, 5.41) is 3.95. The van der Waals surface area contributed by atoms with Crippen LogP contribution in [0, 0.1) is 0 Å². The van der Waals surface area contributed by atoms with E-state index in [1.807, 2.05) is 19.1 Å². The van der Waals surface area contributed by atoms with Crippen LogP contribution in [0.15, 0.2) is 36.8 Å². The van der Waals surface area contributed by atoms with Crippen molar-refractivity contribution in [3.05, 3.63) is 48.0 Å². The lowest BCUT2D eigenvalue weighted by atomic mass is 9.99. The van der Waals surface area contributed by atoms with E-state index in [0.29, 0.717) is 5.69 Å². The third-order valence-electron chi connectivity index (χ3n) is 2.65. The molecule has 3 nitrogen and oxygen atoms in total. The number of hydrogen-bond acceptors (Lipinski definition) is 2. The fourth-order valence-electron chi connectivity index (χ4n) is 1.70. The van der Waals surface area contributed by atoms with Gasteiger partial charge in [0, 0.05) is 24.5 Å². The van der Waals surface area contributed by atoms with E-state index in [4.69, 9.17) is 0 Å². The number of aromatic nitrogens is 3. The second-order valence-electron chi connectivity index (χ2n) is 4.06. The lowest BCUT2D eigenvalue weighted by molar-refractivity contribution is -0.142. The quantitative estimate of drug-likeness (QED) is 0.844. The molecule has 0 aromatic carbocycles. The van der Waals surface area contributed by atoms with Gasteiger partial charge in [0.1, 0.15) is 6.54 Å². The monoisotopic (exact) mass is 255 g/mol. The molecule has 0 saturated carbocycles. The minimum Gasteiger partial charge on any atom is -0.265 e. The van der Waals surface area contributed by atoms with Gasteiger partial charge in [-0.15, -0.1) is 0 Å². The molecule has 2 heterocycles. The number of nitrogens with zero attached hydrogens (tertiary/aromatic N) is 3. The zero-order chi connectivity index (χ0) is 13.2. The fraction of sp³-hybridized carbons (Fsp3) is 0.333. The van der Waals surface area contributed by atoms with E-state index < -0.39 is 12.7 Å². The van der Waals surface area contributed by atoms with Crippen LogP contribution in [0.1, 0.15) is 24.1 Å². The van der Waals surface area contributed by atoms with Crippen LogP contribution in [-0.4, -0.2) is 20.9 Å². The van der Waals surface area contributed by atoms with Crippen LogP contribution >= 0.6 is 0 Å². The minimum atomic E-state index is -4.25. The molecule has 0 aliphatic rings. The van der Waals surface area contributed by atoms with Crippen LogP contribution in [0.25, 0.3) is 0 Å². The summed E-state index contributed by atoms with van der Waals surface area (Å²) in [5.74, 6) is -0.0533. The zero-order valence-corrected chi connectivity index (χ0v) is 9.72. The van der Waals surface area contributed by atoms with E-state index in [-0.39, 0.29) is 5.92 Å². The molecule has 0 saturated heterocycles. The van der Waals surface area contributed by atoms with Crippen molar-refractivity contribution in [2.24, 2.45) is 0 Å². The molecule has 0 aliphatic carbocycles. The Balaban J connectivity index is 2.15. The predicted octanol–water partition coefficient (Wildman–Crippen LogP) is 2.99. The minimum absolute atomic E-state index is 0.0533. The summed E-state index contributed by atoms with van der Waals surface area (Å²) in [5.41, 5.74) is 1.59. The molecular formula is C12H12F3N3. The Morgan fingerprint density at radius 3 is 2.50 bits per heavy atom. The highest BCUT2D eigenvalue weighted by atomic mass is 19.4. The Bertz CT molecular complexity index is 505. The van der Waals surface area contributed by atoms with Gasteiger partial charge in [0.15, 0.2) is 0 Å². The Morgan fingerprint density at radius 2 is 1.89 bits per heavy atom. The van der Waals surface area contributed by atoms with Crippen molar-refractivity contribution in [1.82, 2.24) is 14.8 Å². The van der Waals surface area contributed by atoms with Crippen LogP contribution in [0.3, 0.4) is 0 Å². The average molecular weight is 255 g/mol. The van der Waals surface area contributed by atoms with Crippen LogP contribution in [0.4, 0.5) is 13.2 Å². The summed E-state index contributed by atoms with van der Waals surface area (Å²) in [4.78, 5) is 3.90. The van der Waals surface area contributed by atoms with Gasteiger partial charge in [-0.25, -0.2) is 0 Å². The molecule has 96 valence electrons. The molecule has 0 spiro atoms. The Morgan fingerprint density at radius 1 is 1.22 bits per heavy atom. The molecular weight excluding hydrogens is 243 g/mol. The Kier molecular flexibility index (Phi) is 3.36. The highest BCUT2D eigenvalue weighted by Gasteiger charge is 2.28. The van der Waals surface area contributed by atoms with Gasteiger partial charge in [0.2, 0.25) is 0 Å². The highest BCUT2D eigenvalue weighted by Crippen LogP contribution is 2.23. The van der Waals surface area contributed by atoms with Gasteiger partial charge >= 0.3 is 6.18 Å². The number of alkyl halides is 3. The first-order chi connectivity index (χ1) is 8.46. The van der Waals surface area contributed by atoms with E-state index in [1.54, 1.807) is 18.5 Å². The van der Waals surface area contributed by atoms with Crippen molar-refractivity contribution in [2.75, 3.05) is 0 Å². The van der Waals surface area contributed by atoms with Crippen LogP contribution in [-0.2, 0) is 6.54 Å². The van der Waals surface area contributed by atoms with Gasteiger partial charge in [-0.05, 0) is 23.8 Å². The maximum absolute atomic E-state index is 12.2. The van der Waals surface area contributed by atoms with Gasteiger partial charge in [0.05, 0.1) is 5.69 Å². The summed E-state index contributed by atoms with van der Waals surface area (Å²) in [7, 11) is 0. The van der Waals surface area contributed by atoms with Crippen LogP contribution in [0.5, 0.6) is 0 Å². The third kappa shape index (κ3) is 3.09. The van der Waals surface area contributed by atoms with Crippen molar-refractivity contribution in [3.8, 4) is 0 Å². The zero-order valence-electron chi connectivity index (χ0n) is 9.72. The van der Waals surface area contributed by atoms with Gasteiger partial charge in [0.25, 0.3) is 0 Å². The van der Waals surface area contributed by atoms with E-state index in [2.05, 4.69) is 10.1 Å². The average Bonchev–Trinajstić information content (AvgIpc) is 2.75. The summed E-state index contributed by atoms with van der Waals surface area (Å²) in [6, 6.07) is 5.26. The number of halogens is 3. The largest absolute Gasteiger partial charge is 0.408 e. The Hall–Kier alpha value is -1.85. The number of hydrogen-bond donors (Lipinski definition) is 0. The molecule has 0 radical (unpaired) electrons. The molecule has 0 N–H and O–H groups in total. The van der Waals surface area contributed by atoms with Crippen molar-refractivity contribution < 1.29 is 13.2 Å². The van der Waals surface area contributed by atoms with Gasteiger partial charge < -0.3 is 0 Å². The van der Waals surface area contributed by atoms with Crippen molar-refractivity contribution >= 4 is 0 Å². The fourth-order valence-corrected chi connectivity index (χ4v) is 1.70. The van der Waals surface area contributed by atoms with Crippen molar-refractivity contribution in [1.29, 1.82) is 0 Å². The molecule has 0 bridgehead atoms. The molecule has 2 aromatic heterocycles. The van der Waals surface area contributed by atoms with E-state index in [9.17, 15) is 13.2 Å². The standard InChI is InChI=1S/C12H12F3N3/c1-9(10-2-5-16-6-3-10)11-4-7-18(17-11)8-12(13,14)15/h2-7,9H,8H2,1H3/t9-/m0/s1. The van der Waals surface area contributed by atoms with E-state index >= 15 is 0 Å². The summed E-state index contributed by atoms with van der Waals surface area (Å²) >= 11 is 0. The second kappa shape index (κ2) is 4.80. The summed E-state index contributed by atoms with van der Waals surface area (Å²) in [6.45, 7) is 0.839. The molecule has 0 aliphatic heterocycles. The summed E-state index contributed by atoms with van der Waals surface area (Å²) < 4.78 is 37.5. The Labute approximate surface area is 102 Å². The predicted molar refractivity (Wildman–Crippen MR) is 60.0 cm³/mol. The molecule has 1 atom stereocenters. The number of rotatable bonds is 3. The molecule has 18 heavy (non-hydrogen) atoms. The van der Waals surface area contributed by atoms with Crippen LogP contribution in [0.2, 0.25) is 0 Å².